The first kappa shape index (κ1) is 14.8. The van der Waals surface area contributed by atoms with E-state index >= 15 is 0 Å². The summed E-state index contributed by atoms with van der Waals surface area (Å²) in [4.78, 5) is 16.8. The predicted molar refractivity (Wildman–Crippen MR) is 89.6 cm³/mol. The van der Waals surface area contributed by atoms with E-state index in [-0.39, 0.29) is 5.91 Å². The molecule has 4 rings (SSSR count). The van der Waals surface area contributed by atoms with Crippen LogP contribution in [0.1, 0.15) is 40.0 Å². The molecule has 0 fully saturated rings. The van der Waals surface area contributed by atoms with E-state index in [4.69, 9.17) is 4.42 Å². The Bertz CT molecular complexity index is 822. The van der Waals surface area contributed by atoms with Crippen LogP contribution in [0.2, 0.25) is 0 Å². The van der Waals surface area contributed by atoms with Crippen LogP contribution in [0.5, 0.6) is 0 Å². The molecule has 1 aliphatic heterocycles. The van der Waals surface area contributed by atoms with Crippen molar-refractivity contribution in [1.82, 2.24) is 14.9 Å². The largest absolute Gasteiger partial charge is 0.467 e. The minimum absolute atomic E-state index is 0.162. The number of hydrogen-bond donors (Lipinski definition) is 1. The summed E-state index contributed by atoms with van der Waals surface area (Å²) < 4.78 is 7.34. The van der Waals surface area contributed by atoms with Crippen LogP contribution in [-0.2, 0) is 19.5 Å². The molecule has 0 bridgehead atoms. The molecule has 3 aromatic rings. The number of nitrogens with zero attached hydrogens (tertiary/aromatic N) is 2. The topological polar surface area (TPSA) is 60.1 Å². The quantitative estimate of drug-likeness (QED) is 0.803. The van der Waals surface area contributed by atoms with Crippen LogP contribution in [0.4, 0.5) is 0 Å². The maximum atomic E-state index is 12.3. The molecule has 3 heterocycles. The Kier molecular flexibility index (Phi) is 3.91. The lowest BCUT2D eigenvalue weighted by Crippen LogP contribution is -2.22. The van der Waals surface area contributed by atoms with Gasteiger partial charge in [0.05, 0.1) is 12.8 Å². The second kappa shape index (κ2) is 6.35. The van der Waals surface area contributed by atoms with Crippen molar-refractivity contribution in [2.75, 3.05) is 0 Å². The van der Waals surface area contributed by atoms with Gasteiger partial charge in [-0.3, -0.25) is 4.79 Å². The average Bonchev–Trinajstić information content (AvgIpc) is 3.29. The Labute approximate surface area is 140 Å². The molecule has 24 heavy (non-hydrogen) atoms. The van der Waals surface area contributed by atoms with Crippen LogP contribution in [0.15, 0.2) is 59.3 Å². The molecule has 1 N–H and O–H groups in total. The summed E-state index contributed by atoms with van der Waals surface area (Å²) in [5.41, 5.74) is 1.82. The number of amides is 1. The molecular formula is C19H19N3O2. The molecule has 122 valence electrons. The summed E-state index contributed by atoms with van der Waals surface area (Å²) in [5, 5.41) is 2.84. The van der Waals surface area contributed by atoms with Crippen LogP contribution < -0.4 is 5.32 Å². The maximum absolute atomic E-state index is 12.3. The van der Waals surface area contributed by atoms with Crippen molar-refractivity contribution >= 4 is 5.91 Å². The first-order valence-corrected chi connectivity index (χ1v) is 8.21. The molecule has 1 amide bonds. The lowest BCUT2D eigenvalue weighted by Gasteiger charge is -2.23. The summed E-state index contributed by atoms with van der Waals surface area (Å²) >= 11 is 0. The van der Waals surface area contributed by atoms with Gasteiger partial charge in [-0.2, -0.15) is 0 Å². The monoisotopic (exact) mass is 321 g/mol. The number of benzene rings is 1. The van der Waals surface area contributed by atoms with E-state index in [9.17, 15) is 4.79 Å². The SMILES string of the molecule is O=C(NCc1ccco1)c1cn2c(n1)CC[C@H](c1ccccc1)C2. The molecule has 1 aliphatic rings. The highest BCUT2D eigenvalue weighted by Gasteiger charge is 2.23. The maximum Gasteiger partial charge on any atom is 0.271 e. The molecule has 2 aromatic heterocycles. The second-order valence-corrected chi connectivity index (χ2v) is 6.10. The normalized spacial score (nSPS) is 16.6. The van der Waals surface area contributed by atoms with Gasteiger partial charge >= 0.3 is 0 Å². The number of hydrogen-bond acceptors (Lipinski definition) is 3. The average molecular weight is 321 g/mol. The number of carbonyl (C=O) groups excluding carboxylic acids is 1. The van der Waals surface area contributed by atoms with Crippen LogP contribution in [0, 0.1) is 0 Å². The first-order valence-electron chi connectivity index (χ1n) is 8.21. The van der Waals surface area contributed by atoms with Gasteiger partial charge in [-0.15, -0.1) is 0 Å². The zero-order valence-electron chi connectivity index (χ0n) is 13.3. The van der Waals surface area contributed by atoms with Crippen molar-refractivity contribution in [2.45, 2.75) is 31.8 Å². The molecule has 0 aliphatic carbocycles. The first-order chi connectivity index (χ1) is 11.8. The van der Waals surface area contributed by atoms with E-state index in [0.29, 0.717) is 18.2 Å². The molecule has 0 saturated carbocycles. The van der Waals surface area contributed by atoms with Crippen LogP contribution in [-0.4, -0.2) is 15.5 Å². The van der Waals surface area contributed by atoms with Crippen LogP contribution in [0.3, 0.4) is 0 Å². The molecule has 1 aromatic carbocycles. The van der Waals surface area contributed by atoms with Crippen molar-refractivity contribution in [3.8, 4) is 0 Å². The number of aryl methyl sites for hydroxylation is 1. The van der Waals surface area contributed by atoms with E-state index in [1.165, 1.54) is 5.56 Å². The zero-order valence-corrected chi connectivity index (χ0v) is 13.3. The summed E-state index contributed by atoms with van der Waals surface area (Å²) in [5.74, 6) is 2.04. The van der Waals surface area contributed by atoms with Crippen molar-refractivity contribution in [2.24, 2.45) is 0 Å². The van der Waals surface area contributed by atoms with Gasteiger partial charge in [-0.1, -0.05) is 30.3 Å². The summed E-state index contributed by atoms with van der Waals surface area (Å²) in [6.07, 6.45) is 5.42. The lowest BCUT2D eigenvalue weighted by atomic mass is 9.92. The van der Waals surface area contributed by atoms with E-state index < -0.39 is 0 Å². The van der Waals surface area contributed by atoms with Crippen molar-refractivity contribution in [3.05, 3.63) is 77.8 Å². The fourth-order valence-corrected chi connectivity index (χ4v) is 3.22. The molecule has 1 atom stereocenters. The fourth-order valence-electron chi connectivity index (χ4n) is 3.22. The number of nitrogens with one attached hydrogen (secondary N) is 1. The minimum Gasteiger partial charge on any atom is -0.467 e. The Hall–Kier alpha value is -2.82. The van der Waals surface area contributed by atoms with Gasteiger partial charge in [0, 0.05) is 25.1 Å². The smallest absolute Gasteiger partial charge is 0.271 e. The molecule has 5 heteroatoms. The van der Waals surface area contributed by atoms with Crippen LogP contribution >= 0.6 is 0 Å². The highest BCUT2D eigenvalue weighted by Crippen LogP contribution is 2.28. The standard InChI is InChI=1S/C19H19N3O2/c23-19(20-11-16-7-4-10-24-16)17-13-22-12-15(8-9-18(22)21-17)14-5-2-1-3-6-14/h1-7,10,13,15H,8-9,11-12H2,(H,20,23)/t15-/m0/s1. The number of furan rings is 1. The predicted octanol–water partition coefficient (Wildman–Crippen LogP) is 3.14. The third kappa shape index (κ3) is 2.97. The Morgan fingerprint density at radius 2 is 2.12 bits per heavy atom. The third-order valence-corrected chi connectivity index (χ3v) is 4.50. The number of rotatable bonds is 4. The van der Waals surface area contributed by atoms with Gasteiger partial charge < -0.3 is 14.3 Å². The Balaban J connectivity index is 1.45. The lowest BCUT2D eigenvalue weighted by molar-refractivity contribution is 0.0943. The van der Waals surface area contributed by atoms with Crippen molar-refractivity contribution < 1.29 is 9.21 Å². The third-order valence-electron chi connectivity index (χ3n) is 4.50. The van der Waals surface area contributed by atoms with E-state index in [1.807, 2.05) is 18.3 Å². The second-order valence-electron chi connectivity index (χ2n) is 6.10. The number of fused-ring (bicyclic) bond motifs is 1. The van der Waals surface area contributed by atoms with E-state index in [0.717, 1.165) is 31.0 Å². The number of aromatic nitrogens is 2. The van der Waals surface area contributed by atoms with E-state index in [2.05, 4.69) is 39.1 Å². The molecular weight excluding hydrogens is 302 g/mol. The summed E-state index contributed by atoms with van der Waals surface area (Å²) in [6.45, 7) is 1.25. The molecule has 0 saturated heterocycles. The number of imidazole rings is 1. The highest BCUT2D eigenvalue weighted by atomic mass is 16.3. The van der Waals surface area contributed by atoms with Crippen molar-refractivity contribution in [1.29, 1.82) is 0 Å². The van der Waals surface area contributed by atoms with Gasteiger partial charge in [0.2, 0.25) is 0 Å². The molecule has 0 radical (unpaired) electrons. The fraction of sp³-hybridized carbons (Fsp3) is 0.263. The van der Waals surface area contributed by atoms with Crippen LogP contribution in [0.25, 0.3) is 0 Å². The van der Waals surface area contributed by atoms with Gasteiger partial charge in [0.15, 0.2) is 0 Å². The van der Waals surface area contributed by atoms with E-state index in [1.54, 1.807) is 12.3 Å². The molecule has 5 nitrogen and oxygen atoms in total. The van der Waals surface area contributed by atoms with Gasteiger partial charge in [0.1, 0.15) is 17.3 Å². The Morgan fingerprint density at radius 1 is 1.25 bits per heavy atom. The Morgan fingerprint density at radius 3 is 2.92 bits per heavy atom. The van der Waals surface area contributed by atoms with Gasteiger partial charge in [0.25, 0.3) is 5.91 Å². The zero-order chi connectivity index (χ0) is 16.4. The number of carbonyl (C=O) groups is 1. The van der Waals surface area contributed by atoms with Gasteiger partial charge in [-0.25, -0.2) is 4.98 Å². The molecule has 0 spiro atoms. The summed E-state index contributed by atoms with van der Waals surface area (Å²) in [7, 11) is 0. The summed E-state index contributed by atoms with van der Waals surface area (Å²) in [6, 6.07) is 14.2. The molecule has 0 unspecified atom stereocenters. The highest BCUT2D eigenvalue weighted by molar-refractivity contribution is 5.92. The van der Waals surface area contributed by atoms with Crippen molar-refractivity contribution in [3.63, 3.8) is 0 Å². The minimum atomic E-state index is -0.162. The van der Waals surface area contributed by atoms with Gasteiger partial charge in [-0.05, 0) is 24.1 Å².